The van der Waals surface area contributed by atoms with Crippen LogP contribution >= 0.6 is 0 Å². The number of hydrogen-bond donors (Lipinski definition) is 0. The molecule has 0 aromatic heterocycles. The van der Waals surface area contributed by atoms with E-state index in [1.165, 1.54) is 0 Å². The monoisotopic (exact) mass is 221 g/mol. The first-order valence-electron chi connectivity index (χ1n) is 5.63. The van der Waals surface area contributed by atoms with E-state index in [9.17, 15) is 0 Å². The average molecular weight is 221 g/mol. The number of benzene rings is 2. The van der Waals surface area contributed by atoms with Crippen LogP contribution in [0.4, 0.5) is 11.4 Å². The van der Waals surface area contributed by atoms with E-state index in [4.69, 9.17) is 0 Å². The van der Waals surface area contributed by atoms with Crippen molar-refractivity contribution in [1.82, 2.24) is 0 Å². The van der Waals surface area contributed by atoms with Crippen molar-refractivity contribution in [3.8, 4) is 11.8 Å². The highest BCUT2D eigenvalue weighted by atomic mass is 15.1. The van der Waals surface area contributed by atoms with Gasteiger partial charge in [-0.25, -0.2) is 0 Å². The molecular weight excluding hydrogens is 206 g/mol. The average Bonchev–Trinajstić information content (AvgIpc) is 2.40. The van der Waals surface area contributed by atoms with Crippen LogP contribution in [0.15, 0.2) is 54.6 Å². The summed E-state index contributed by atoms with van der Waals surface area (Å²) in [5.74, 6) is 6.09. The Bertz CT molecular complexity index is 546. The third-order valence-corrected chi connectivity index (χ3v) is 2.67. The van der Waals surface area contributed by atoms with Crippen LogP contribution in [-0.4, -0.2) is 7.05 Å². The lowest BCUT2D eigenvalue weighted by molar-refractivity contribution is 1.20. The third kappa shape index (κ3) is 2.49. The van der Waals surface area contributed by atoms with Gasteiger partial charge in [-0.1, -0.05) is 36.3 Å². The fourth-order valence-corrected chi connectivity index (χ4v) is 1.80. The van der Waals surface area contributed by atoms with Crippen molar-refractivity contribution in [2.45, 2.75) is 6.92 Å². The lowest BCUT2D eigenvalue weighted by atomic mass is 10.1. The molecule has 0 N–H and O–H groups in total. The summed E-state index contributed by atoms with van der Waals surface area (Å²) in [7, 11) is 2.06. The molecule has 2 aromatic carbocycles. The second-order valence-electron chi connectivity index (χ2n) is 3.79. The smallest absolute Gasteiger partial charge is 0.0567 e. The van der Waals surface area contributed by atoms with Gasteiger partial charge in [0.15, 0.2) is 0 Å². The predicted octanol–water partition coefficient (Wildman–Crippen LogP) is 3.83. The minimum absolute atomic E-state index is 1.06. The number of rotatable bonds is 2. The molecule has 0 aliphatic heterocycles. The van der Waals surface area contributed by atoms with E-state index in [0.717, 1.165) is 16.9 Å². The Morgan fingerprint density at radius 3 is 2.24 bits per heavy atom. The fourth-order valence-electron chi connectivity index (χ4n) is 1.80. The number of anilines is 2. The molecule has 84 valence electrons. The molecule has 0 atom stereocenters. The molecule has 0 heterocycles. The molecule has 2 aromatic rings. The maximum atomic E-state index is 3.14. The molecule has 17 heavy (non-hydrogen) atoms. The van der Waals surface area contributed by atoms with Crippen LogP contribution < -0.4 is 4.90 Å². The Balaban J connectivity index is 2.43. The first kappa shape index (κ1) is 11.3. The Kier molecular flexibility index (Phi) is 3.47. The molecule has 0 aliphatic rings. The highest BCUT2D eigenvalue weighted by Crippen LogP contribution is 2.25. The Morgan fingerprint density at radius 2 is 1.53 bits per heavy atom. The van der Waals surface area contributed by atoms with Crippen molar-refractivity contribution in [2.24, 2.45) is 0 Å². The largest absolute Gasteiger partial charge is 0.344 e. The summed E-state index contributed by atoms with van der Waals surface area (Å²) in [6.45, 7) is 1.86. The van der Waals surface area contributed by atoms with Crippen LogP contribution in [0, 0.1) is 11.8 Å². The minimum Gasteiger partial charge on any atom is -0.344 e. The Labute approximate surface area is 103 Å². The molecule has 1 heteroatoms. The van der Waals surface area contributed by atoms with Gasteiger partial charge in [-0.15, -0.1) is 5.92 Å². The quantitative estimate of drug-likeness (QED) is 0.697. The molecule has 0 bridgehead atoms. The van der Waals surface area contributed by atoms with E-state index in [2.05, 4.69) is 42.0 Å². The normalized spacial score (nSPS) is 9.29. The molecule has 0 radical (unpaired) electrons. The van der Waals surface area contributed by atoms with Crippen LogP contribution in [0.1, 0.15) is 12.5 Å². The molecular formula is C16H15N. The zero-order valence-corrected chi connectivity index (χ0v) is 10.1. The summed E-state index contributed by atoms with van der Waals surface area (Å²) < 4.78 is 0. The molecule has 0 aliphatic carbocycles. The van der Waals surface area contributed by atoms with Crippen molar-refractivity contribution in [2.75, 3.05) is 11.9 Å². The Morgan fingerprint density at radius 1 is 0.882 bits per heavy atom. The van der Waals surface area contributed by atoms with Crippen LogP contribution in [0.3, 0.4) is 0 Å². The molecule has 2 rings (SSSR count). The summed E-state index contributed by atoms with van der Waals surface area (Å²) >= 11 is 0. The van der Waals surface area contributed by atoms with E-state index >= 15 is 0 Å². The molecule has 0 amide bonds. The first-order valence-corrected chi connectivity index (χ1v) is 5.63. The number of nitrogens with zero attached hydrogens (tertiary/aromatic N) is 1. The molecule has 1 nitrogen and oxygen atoms in total. The van der Waals surface area contributed by atoms with Gasteiger partial charge in [0.1, 0.15) is 0 Å². The van der Waals surface area contributed by atoms with Crippen molar-refractivity contribution in [1.29, 1.82) is 0 Å². The van der Waals surface area contributed by atoms with Crippen molar-refractivity contribution in [3.63, 3.8) is 0 Å². The summed E-state index contributed by atoms with van der Waals surface area (Å²) in [5, 5.41) is 0. The molecule has 0 unspecified atom stereocenters. The van der Waals surface area contributed by atoms with Crippen molar-refractivity contribution >= 4 is 11.4 Å². The van der Waals surface area contributed by atoms with E-state index in [0.29, 0.717) is 0 Å². The summed E-state index contributed by atoms with van der Waals surface area (Å²) in [4.78, 5) is 2.15. The van der Waals surface area contributed by atoms with Gasteiger partial charge in [0.2, 0.25) is 0 Å². The fraction of sp³-hybridized carbons (Fsp3) is 0.125. The highest BCUT2D eigenvalue weighted by molar-refractivity contribution is 5.69. The summed E-state index contributed by atoms with van der Waals surface area (Å²) in [6.07, 6.45) is 0. The summed E-state index contributed by atoms with van der Waals surface area (Å²) in [5.41, 5.74) is 3.35. The SMILES string of the molecule is CC#Cc1ccccc1N(C)c1ccccc1. The lowest BCUT2D eigenvalue weighted by Crippen LogP contribution is -2.10. The second kappa shape index (κ2) is 5.23. The van der Waals surface area contributed by atoms with Crippen molar-refractivity contribution in [3.05, 3.63) is 60.2 Å². The van der Waals surface area contributed by atoms with Gasteiger partial charge in [0, 0.05) is 18.3 Å². The molecule has 0 fully saturated rings. The van der Waals surface area contributed by atoms with Crippen molar-refractivity contribution < 1.29 is 0 Å². The van der Waals surface area contributed by atoms with Crippen LogP contribution in [0.25, 0.3) is 0 Å². The predicted molar refractivity (Wildman–Crippen MR) is 73.5 cm³/mol. The first-order chi connectivity index (χ1) is 8.33. The molecule has 0 saturated carbocycles. The second-order valence-corrected chi connectivity index (χ2v) is 3.79. The van der Waals surface area contributed by atoms with Crippen LogP contribution in [0.5, 0.6) is 0 Å². The number of para-hydroxylation sites is 2. The molecule has 0 saturated heterocycles. The van der Waals surface area contributed by atoms with Gasteiger partial charge in [-0.2, -0.15) is 0 Å². The van der Waals surface area contributed by atoms with Gasteiger partial charge >= 0.3 is 0 Å². The van der Waals surface area contributed by atoms with Gasteiger partial charge < -0.3 is 4.90 Å². The highest BCUT2D eigenvalue weighted by Gasteiger charge is 2.06. The van der Waals surface area contributed by atoms with E-state index in [1.807, 2.05) is 43.3 Å². The van der Waals surface area contributed by atoms with Crippen LogP contribution in [-0.2, 0) is 0 Å². The van der Waals surface area contributed by atoms with E-state index in [1.54, 1.807) is 0 Å². The van der Waals surface area contributed by atoms with Gasteiger partial charge in [-0.3, -0.25) is 0 Å². The van der Waals surface area contributed by atoms with E-state index < -0.39 is 0 Å². The van der Waals surface area contributed by atoms with Gasteiger partial charge in [-0.05, 0) is 31.2 Å². The maximum absolute atomic E-state index is 3.14. The Hall–Kier alpha value is -2.20. The van der Waals surface area contributed by atoms with E-state index in [-0.39, 0.29) is 0 Å². The minimum atomic E-state index is 1.06. The van der Waals surface area contributed by atoms with Gasteiger partial charge in [0.05, 0.1) is 5.69 Å². The zero-order valence-electron chi connectivity index (χ0n) is 10.1. The summed E-state index contributed by atoms with van der Waals surface area (Å²) in [6, 6.07) is 18.5. The third-order valence-electron chi connectivity index (χ3n) is 2.67. The maximum Gasteiger partial charge on any atom is 0.0567 e. The van der Waals surface area contributed by atoms with Gasteiger partial charge in [0.25, 0.3) is 0 Å². The zero-order chi connectivity index (χ0) is 12.1. The lowest BCUT2D eigenvalue weighted by Gasteiger charge is -2.20. The van der Waals surface area contributed by atoms with Crippen LogP contribution in [0.2, 0.25) is 0 Å². The standard InChI is InChI=1S/C16H15N/c1-3-9-14-10-7-8-13-16(14)17(2)15-11-5-4-6-12-15/h4-8,10-13H,1-2H3. The topological polar surface area (TPSA) is 3.24 Å². The number of hydrogen-bond acceptors (Lipinski definition) is 1. The molecule has 0 spiro atoms.